The average molecular weight is 258 g/mol. The summed E-state index contributed by atoms with van der Waals surface area (Å²) in [5.74, 6) is 0.741. The predicted molar refractivity (Wildman–Crippen MR) is 67.9 cm³/mol. The van der Waals surface area contributed by atoms with Crippen LogP contribution >= 0.6 is 0 Å². The lowest BCUT2D eigenvalue weighted by Gasteiger charge is -2.05. The van der Waals surface area contributed by atoms with E-state index in [0.29, 0.717) is 36.1 Å². The lowest BCUT2D eigenvalue weighted by Crippen LogP contribution is -2.18. The lowest BCUT2D eigenvalue weighted by atomic mass is 10.1. The van der Waals surface area contributed by atoms with E-state index in [2.05, 4.69) is 16.2 Å². The fourth-order valence-electron chi connectivity index (χ4n) is 1.54. The van der Waals surface area contributed by atoms with Crippen LogP contribution in [0.1, 0.15) is 24.4 Å². The van der Waals surface area contributed by atoms with E-state index in [4.69, 9.17) is 20.3 Å². The van der Waals surface area contributed by atoms with Gasteiger partial charge in [-0.05, 0) is 25.1 Å². The highest BCUT2D eigenvalue weighted by atomic mass is 16.5. The van der Waals surface area contributed by atoms with Crippen LogP contribution in [0.25, 0.3) is 11.5 Å². The first kappa shape index (κ1) is 13.2. The molecule has 2 rings (SSSR count). The molecule has 0 saturated heterocycles. The van der Waals surface area contributed by atoms with E-state index in [0.717, 1.165) is 0 Å². The number of aromatic nitrogens is 2. The van der Waals surface area contributed by atoms with Gasteiger partial charge in [0.05, 0.1) is 24.3 Å². The van der Waals surface area contributed by atoms with Gasteiger partial charge >= 0.3 is 0 Å². The first-order valence-corrected chi connectivity index (χ1v) is 5.92. The van der Waals surface area contributed by atoms with Crippen molar-refractivity contribution in [3.8, 4) is 17.5 Å². The van der Waals surface area contributed by atoms with Gasteiger partial charge in [0.2, 0.25) is 0 Å². The van der Waals surface area contributed by atoms with Crippen molar-refractivity contribution in [2.75, 3.05) is 13.2 Å². The Labute approximate surface area is 110 Å². The highest BCUT2D eigenvalue weighted by molar-refractivity contribution is 5.55. The maximum atomic E-state index is 8.85. The fourth-order valence-corrected chi connectivity index (χ4v) is 1.54. The van der Waals surface area contributed by atoms with E-state index in [1.54, 1.807) is 24.3 Å². The Kier molecular flexibility index (Phi) is 4.23. The minimum absolute atomic E-state index is 0.341. The van der Waals surface area contributed by atoms with E-state index >= 15 is 0 Å². The SMILES string of the molecule is CCOCC(N)c1noc(-c2cccc(C#N)c2)n1. The Morgan fingerprint density at radius 2 is 2.37 bits per heavy atom. The molecule has 0 spiro atoms. The third kappa shape index (κ3) is 3.16. The fraction of sp³-hybridized carbons (Fsp3) is 0.308. The van der Waals surface area contributed by atoms with Crippen LogP contribution in [-0.4, -0.2) is 23.4 Å². The second-order valence-electron chi connectivity index (χ2n) is 3.92. The Morgan fingerprint density at radius 1 is 1.53 bits per heavy atom. The molecular weight excluding hydrogens is 244 g/mol. The van der Waals surface area contributed by atoms with Crippen LogP contribution in [-0.2, 0) is 4.74 Å². The summed E-state index contributed by atoms with van der Waals surface area (Å²) in [5.41, 5.74) is 7.10. The number of ether oxygens (including phenoxy) is 1. The maximum absolute atomic E-state index is 8.85. The molecule has 6 nitrogen and oxygen atoms in total. The van der Waals surface area contributed by atoms with Gasteiger partial charge in [-0.1, -0.05) is 11.2 Å². The molecule has 0 amide bonds. The van der Waals surface area contributed by atoms with Crippen molar-refractivity contribution in [1.29, 1.82) is 5.26 Å². The number of benzene rings is 1. The minimum atomic E-state index is -0.420. The van der Waals surface area contributed by atoms with E-state index in [1.165, 1.54) is 0 Å². The standard InChI is InChI=1S/C13H14N4O2/c1-2-18-8-11(15)12-16-13(19-17-12)10-5-3-4-9(6-10)7-14/h3-6,11H,2,8,15H2,1H3. The largest absolute Gasteiger partial charge is 0.380 e. The third-order valence-electron chi connectivity index (χ3n) is 2.51. The second kappa shape index (κ2) is 6.09. The highest BCUT2D eigenvalue weighted by Gasteiger charge is 2.15. The molecule has 19 heavy (non-hydrogen) atoms. The van der Waals surface area contributed by atoms with Crippen LogP contribution in [0.15, 0.2) is 28.8 Å². The zero-order chi connectivity index (χ0) is 13.7. The zero-order valence-corrected chi connectivity index (χ0v) is 10.5. The Balaban J connectivity index is 2.18. The third-order valence-corrected chi connectivity index (χ3v) is 2.51. The number of rotatable bonds is 5. The van der Waals surface area contributed by atoms with Crippen molar-refractivity contribution in [1.82, 2.24) is 10.1 Å². The van der Waals surface area contributed by atoms with Crippen molar-refractivity contribution in [2.24, 2.45) is 5.73 Å². The summed E-state index contributed by atoms with van der Waals surface area (Å²) in [6.45, 7) is 2.82. The number of nitriles is 1. The van der Waals surface area contributed by atoms with Crippen molar-refractivity contribution >= 4 is 0 Å². The van der Waals surface area contributed by atoms with Gasteiger partial charge in [-0.2, -0.15) is 10.2 Å². The molecule has 1 atom stereocenters. The van der Waals surface area contributed by atoms with Crippen molar-refractivity contribution in [3.63, 3.8) is 0 Å². The molecule has 1 heterocycles. The summed E-state index contributed by atoms with van der Waals surface area (Å²) >= 11 is 0. The smallest absolute Gasteiger partial charge is 0.258 e. The Hall–Kier alpha value is -2.23. The molecule has 1 aromatic carbocycles. The molecule has 98 valence electrons. The molecule has 0 bridgehead atoms. The van der Waals surface area contributed by atoms with Gasteiger partial charge in [0, 0.05) is 12.2 Å². The summed E-state index contributed by atoms with van der Waals surface area (Å²) in [5, 5.41) is 12.7. The average Bonchev–Trinajstić information content (AvgIpc) is 2.94. The van der Waals surface area contributed by atoms with Gasteiger partial charge < -0.3 is 15.0 Å². The van der Waals surface area contributed by atoms with Crippen LogP contribution in [0.3, 0.4) is 0 Å². The number of hydrogen-bond acceptors (Lipinski definition) is 6. The van der Waals surface area contributed by atoms with Crippen molar-refractivity contribution < 1.29 is 9.26 Å². The first-order chi connectivity index (χ1) is 9.24. The molecule has 0 saturated carbocycles. The number of nitrogens with zero attached hydrogens (tertiary/aromatic N) is 3. The van der Waals surface area contributed by atoms with Crippen LogP contribution in [0, 0.1) is 11.3 Å². The summed E-state index contributed by atoms with van der Waals surface area (Å²) in [6, 6.07) is 8.60. The Morgan fingerprint density at radius 3 is 3.11 bits per heavy atom. The first-order valence-electron chi connectivity index (χ1n) is 5.92. The van der Waals surface area contributed by atoms with Gasteiger partial charge in [-0.15, -0.1) is 0 Å². The van der Waals surface area contributed by atoms with Crippen LogP contribution in [0.4, 0.5) is 0 Å². The van der Waals surface area contributed by atoms with Crippen molar-refractivity contribution in [3.05, 3.63) is 35.7 Å². The normalized spacial score (nSPS) is 12.1. The summed E-state index contributed by atoms with van der Waals surface area (Å²) in [7, 11) is 0. The monoisotopic (exact) mass is 258 g/mol. The van der Waals surface area contributed by atoms with Gasteiger partial charge in [0.1, 0.15) is 0 Å². The van der Waals surface area contributed by atoms with Crippen molar-refractivity contribution in [2.45, 2.75) is 13.0 Å². The summed E-state index contributed by atoms with van der Waals surface area (Å²) in [4.78, 5) is 4.22. The molecule has 2 N–H and O–H groups in total. The zero-order valence-electron chi connectivity index (χ0n) is 10.5. The molecular formula is C13H14N4O2. The van der Waals surface area contributed by atoms with Gasteiger partial charge in [0.25, 0.3) is 5.89 Å². The van der Waals surface area contributed by atoms with E-state index in [-0.39, 0.29) is 0 Å². The van der Waals surface area contributed by atoms with E-state index < -0.39 is 6.04 Å². The van der Waals surface area contributed by atoms with Crippen LogP contribution in [0.2, 0.25) is 0 Å². The van der Waals surface area contributed by atoms with Gasteiger partial charge in [-0.3, -0.25) is 0 Å². The van der Waals surface area contributed by atoms with Crippen LogP contribution in [0.5, 0.6) is 0 Å². The molecule has 6 heteroatoms. The van der Waals surface area contributed by atoms with Gasteiger partial charge in [0.15, 0.2) is 5.82 Å². The molecule has 0 aliphatic carbocycles. The predicted octanol–water partition coefficient (Wildman–Crippen LogP) is 1.64. The molecule has 0 fully saturated rings. The molecule has 1 aromatic heterocycles. The number of nitrogens with two attached hydrogens (primary N) is 1. The summed E-state index contributed by atoms with van der Waals surface area (Å²) < 4.78 is 10.4. The lowest BCUT2D eigenvalue weighted by molar-refractivity contribution is 0.130. The minimum Gasteiger partial charge on any atom is -0.380 e. The van der Waals surface area contributed by atoms with E-state index in [9.17, 15) is 0 Å². The topological polar surface area (TPSA) is 98.0 Å². The molecule has 0 aliphatic heterocycles. The van der Waals surface area contributed by atoms with E-state index in [1.807, 2.05) is 6.92 Å². The summed E-state index contributed by atoms with van der Waals surface area (Å²) in [6.07, 6.45) is 0. The molecule has 0 aliphatic rings. The Bertz CT molecular complexity index is 588. The molecule has 1 unspecified atom stereocenters. The quantitative estimate of drug-likeness (QED) is 0.875. The molecule has 0 radical (unpaired) electrons. The van der Waals surface area contributed by atoms with Crippen LogP contribution < -0.4 is 5.73 Å². The number of hydrogen-bond donors (Lipinski definition) is 1. The highest BCUT2D eigenvalue weighted by Crippen LogP contribution is 2.19. The second-order valence-corrected chi connectivity index (χ2v) is 3.92. The van der Waals surface area contributed by atoms with Gasteiger partial charge in [-0.25, -0.2) is 0 Å². The molecule has 2 aromatic rings. The maximum Gasteiger partial charge on any atom is 0.258 e.